The summed E-state index contributed by atoms with van der Waals surface area (Å²) in [5, 5.41) is 1.30. The zero-order valence-corrected chi connectivity index (χ0v) is 18.0. The molecule has 0 saturated carbocycles. The molecular formula is C20H17N3O6S2. The lowest BCUT2D eigenvalue weighted by Crippen LogP contribution is -2.51. The van der Waals surface area contributed by atoms with Crippen LogP contribution in [0.5, 0.6) is 5.75 Å². The molecule has 0 radical (unpaired) electrons. The van der Waals surface area contributed by atoms with Crippen molar-refractivity contribution in [2.75, 3.05) is 12.9 Å². The highest BCUT2D eigenvalue weighted by Gasteiger charge is 2.50. The number of hydrogen-bond acceptors (Lipinski definition) is 8. The Morgan fingerprint density at radius 3 is 2.81 bits per heavy atom. The van der Waals surface area contributed by atoms with E-state index in [1.54, 1.807) is 53.6 Å². The second-order valence-corrected chi connectivity index (χ2v) is 10.1. The highest BCUT2D eigenvalue weighted by Crippen LogP contribution is 2.45. The molecule has 0 spiro atoms. The van der Waals surface area contributed by atoms with Gasteiger partial charge in [-0.15, -0.1) is 11.8 Å². The number of nitrogens with zero attached hydrogens (tertiary/aromatic N) is 3. The number of thioether (sulfide) groups is 1. The Hall–Kier alpha value is -3.05. The summed E-state index contributed by atoms with van der Waals surface area (Å²) in [6.45, 7) is 0.437. The van der Waals surface area contributed by atoms with Crippen LogP contribution in [0.1, 0.15) is 11.3 Å². The van der Waals surface area contributed by atoms with Gasteiger partial charge in [0.05, 0.1) is 24.1 Å². The van der Waals surface area contributed by atoms with Crippen molar-refractivity contribution in [3.05, 3.63) is 58.4 Å². The van der Waals surface area contributed by atoms with Crippen LogP contribution in [0.15, 0.2) is 52.3 Å². The van der Waals surface area contributed by atoms with E-state index in [2.05, 4.69) is 4.98 Å². The molecule has 1 fully saturated rings. The fourth-order valence-electron chi connectivity index (χ4n) is 3.57. The van der Waals surface area contributed by atoms with Crippen molar-refractivity contribution in [2.24, 2.45) is 0 Å². The molecule has 1 amide bonds. The normalized spacial score (nSPS) is 22.0. The maximum atomic E-state index is 12.6. The molecule has 0 N–H and O–H groups in total. The van der Waals surface area contributed by atoms with Crippen LogP contribution in [-0.4, -0.2) is 53.0 Å². The number of hydrogen-bond donors (Lipinski definition) is 0. The van der Waals surface area contributed by atoms with Gasteiger partial charge < -0.3 is 14.0 Å². The van der Waals surface area contributed by atoms with Gasteiger partial charge in [0.1, 0.15) is 23.4 Å². The molecule has 11 heteroatoms. The van der Waals surface area contributed by atoms with E-state index in [4.69, 9.17) is 9.47 Å². The van der Waals surface area contributed by atoms with E-state index in [0.29, 0.717) is 23.6 Å². The van der Waals surface area contributed by atoms with Crippen LogP contribution < -0.4 is 4.74 Å². The van der Waals surface area contributed by atoms with Gasteiger partial charge in [-0.25, -0.2) is 18.2 Å². The lowest BCUT2D eigenvalue weighted by atomic mass is 10.0. The van der Waals surface area contributed by atoms with Gasteiger partial charge in [0, 0.05) is 18.1 Å². The Morgan fingerprint density at radius 1 is 1.32 bits per heavy atom. The molecule has 3 aliphatic rings. The molecule has 5 rings (SSSR count). The topological polar surface area (TPSA) is 108 Å². The summed E-state index contributed by atoms with van der Waals surface area (Å²) in [6.07, 6.45) is 3.21. The summed E-state index contributed by atoms with van der Waals surface area (Å²) >= 11 is 1.32. The average Bonchev–Trinajstić information content (AvgIpc) is 3.44. The SMILES string of the molecule is COc1ccc(COC(=O)C2=CS[C@@H]3C(=Cc4cn5c(n4)S(=O)(=O)CC5)C(=O)N23)cc1. The van der Waals surface area contributed by atoms with Crippen LogP contribution in [0.4, 0.5) is 0 Å². The number of β-lactam (4-membered cyclic amide) rings is 1. The first-order valence-corrected chi connectivity index (χ1v) is 12.0. The summed E-state index contributed by atoms with van der Waals surface area (Å²) in [7, 11) is -1.78. The number of imidazole rings is 1. The Bertz CT molecular complexity index is 1260. The number of carbonyl (C=O) groups is 2. The number of methoxy groups -OCH3 is 1. The third-order valence-electron chi connectivity index (χ3n) is 5.21. The number of sulfone groups is 1. The second kappa shape index (κ2) is 7.27. The molecule has 3 aliphatic heterocycles. The number of amides is 1. The summed E-state index contributed by atoms with van der Waals surface area (Å²) in [4.78, 5) is 30.6. The minimum atomic E-state index is -3.35. The Labute approximate surface area is 182 Å². The molecule has 0 bridgehead atoms. The van der Waals surface area contributed by atoms with Gasteiger partial charge >= 0.3 is 5.97 Å². The number of rotatable bonds is 5. The zero-order valence-electron chi connectivity index (χ0n) is 16.3. The van der Waals surface area contributed by atoms with Gasteiger partial charge in [-0.1, -0.05) is 12.1 Å². The number of benzene rings is 1. The van der Waals surface area contributed by atoms with Crippen LogP contribution in [-0.2, 0) is 37.3 Å². The summed E-state index contributed by atoms with van der Waals surface area (Å²) in [5.74, 6) is -0.147. The van der Waals surface area contributed by atoms with Gasteiger partial charge in [-0.3, -0.25) is 9.69 Å². The molecule has 1 aromatic heterocycles. The van der Waals surface area contributed by atoms with Crippen LogP contribution in [0.2, 0.25) is 0 Å². The van der Waals surface area contributed by atoms with E-state index in [1.165, 1.54) is 16.7 Å². The van der Waals surface area contributed by atoms with Crippen molar-refractivity contribution in [3.8, 4) is 5.75 Å². The van der Waals surface area contributed by atoms with Gasteiger partial charge in [-0.05, 0) is 23.8 Å². The number of esters is 1. The standard InChI is InChI=1S/C20H17N3O6S2/c1-28-14-4-2-12(3-5-14)10-29-19(25)16-11-30-18-15(17(24)23(16)18)8-13-9-22-6-7-31(26,27)20(22)21-13/h2-5,8-9,11,18H,6-7,10H2,1H3/t18-/m1/s1. The Morgan fingerprint density at radius 2 is 2.10 bits per heavy atom. The lowest BCUT2D eigenvalue weighted by Gasteiger charge is -2.37. The number of carbonyl (C=O) groups excluding carboxylic acids is 2. The Kier molecular flexibility index (Phi) is 4.67. The Balaban J connectivity index is 1.25. The van der Waals surface area contributed by atoms with Crippen molar-refractivity contribution >= 4 is 39.6 Å². The number of aryl methyl sites for hydroxylation is 1. The minimum Gasteiger partial charge on any atom is -0.497 e. The van der Waals surface area contributed by atoms with E-state index >= 15 is 0 Å². The molecule has 1 atom stereocenters. The van der Waals surface area contributed by atoms with E-state index in [1.807, 2.05) is 0 Å². The first-order valence-electron chi connectivity index (χ1n) is 9.38. The first kappa shape index (κ1) is 19.9. The first-order chi connectivity index (χ1) is 14.9. The second-order valence-electron chi connectivity index (χ2n) is 7.15. The third-order valence-corrected chi connectivity index (χ3v) is 7.90. The molecular weight excluding hydrogens is 442 g/mol. The summed E-state index contributed by atoms with van der Waals surface area (Å²) in [5.41, 5.74) is 1.88. The van der Waals surface area contributed by atoms with E-state index < -0.39 is 15.8 Å². The molecule has 160 valence electrons. The van der Waals surface area contributed by atoms with Crippen molar-refractivity contribution in [1.82, 2.24) is 14.5 Å². The largest absolute Gasteiger partial charge is 0.497 e. The lowest BCUT2D eigenvalue weighted by molar-refractivity contribution is -0.146. The maximum Gasteiger partial charge on any atom is 0.355 e. The van der Waals surface area contributed by atoms with E-state index in [-0.39, 0.29) is 34.5 Å². The van der Waals surface area contributed by atoms with Crippen molar-refractivity contribution in [1.29, 1.82) is 0 Å². The highest BCUT2D eigenvalue weighted by atomic mass is 32.2. The number of ether oxygens (including phenoxy) is 2. The highest BCUT2D eigenvalue weighted by molar-refractivity contribution is 8.03. The van der Waals surface area contributed by atoms with Crippen molar-refractivity contribution in [2.45, 2.75) is 23.7 Å². The average molecular weight is 460 g/mol. The van der Waals surface area contributed by atoms with Crippen molar-refractivity contribution < 1.29 is 27.5 Å². The fourth-order valence-corrected chi connectivity index (χ4v) is 6.05. The van der Waals surface area contributed by atoms with Gasteiger partial charge in [0.2, 0.25) is 15.0 Å². The zero-order chi connectivity index (χ0) is 21.8. The van der Waals surface area contributed by atoms with E-state index in [9.17, 15) is 18.0 Å². The molecule has 0 unspecified atom stereocenters. The van der Waals surface area contributed by atoms with Crippen LogP contribution in [0.3, 0.4) is 0 Å². The van der Waals surface area contributed by atoms with Crippen LogP contribution >= 0.6 is 11.8 Å². The predicted molar refractivity (Wildman–Crippen MR) is 111 cm³/mol. The van der Waals surface area contributed by atoms with Gasteiger partial charge in [-0.2, -0.15) is 0 Å². The maximum absolute atomic E-state index is 12.6. The quantitative estimate of drug-likeness (QED) is 0.377. The molecule has 9 nitrogen and oxygen atoms in total. The van der Waals surface area contributed by atoms with Gasteiger partial charge in [0.25, 0.3) is 5.91 Å². The fraction of sp³-hybridized carbons (Fsp3) is 0.250. The third kappa shape index (κ3) is 3.33. The minimum absolute atomic E-state index is 0.0305. The van der Waals surface area contributed by atoms with E-state index in [0.717, 1.165) is 5.56 Å². The van der Waals surface area contributed by atoms with Crippen LogP contribution in [0.25, 0.3) is 6.08 Å². The predicted octanol–water partition coefficient (Wildman–Crippen LogP) is 1.56. The molecule has 4 heterocycles. The van der Waals surface area contributed by atoms with Crippen LogP contribution in [0, 0.1) is 0 Å². The van der Waals surface area contributed by atoms with Crippen molar-refractivity contribution in [3.63, 3.8) is 0 Å². The molecule has 31 heavy (non-hydrogen) atoms. The number of fused-ring (bicyclic) bond motifs is 2. The number of aromatic nitrogens is 2. The molecule has 1 aromatic carbocycles. The molecule has 0 aliphatic carbocycles. The smallest absolute Gasteiger partial charge is 0.355 e. The summed E-state index contributed by atoms with van der Waals surface area (Å²) in [6, 6.07) is 7.14. The molecule has 1 saturated heterocycles. The molecule has 2 aromatic rings. The van der Waals surface area contributed by atoms with Gasteiger partial charge in [0.15, 0.2) is 0 Å². The summed E-state index contributed by atoms with van der Waals surface area (Å²) < 4.78 is 35.9. The monoisotopic (exact) mass is 459 g/mol.